The highest BCUT2D eigenvalue weighted by Crippen LogP contribution is 2.18. The number of benzene rings is 2. The van der Waals surface area contributed by atoms with E-state index in [0.717, 1.165) is 11.8 Å². The van der Waals surface area contributed by atoms with Crippen molar-refractivity contribution in [2.45, 2.75) is 18.4 Å². The molecule has 32 heavy (non-hydrogen) atoms. The van der Waals surface area contributed by atoms with Gasteiger partial charge in [-0.15, -0.1) is 0 Å². The molecule has 1 aromatic heterocycles. The number of hydrogen-bond acceptors (Lipinski definition) is 7. The first-order valence-corrected chi connectivity index (χ1v) is 10.8. The minimum absolute atomic E-state index is 0.116. The normalized spacial score (nSPS) is 11.7. The number of hydrogen-bond donors (Lipinski definition) is 1. The Morgan fingerprint density at radius 2 is 1.78 bits per heavy atom. The second kappa shape index (κ2) is 9.54. The number of furan rings is 1. The van der Waals surface area contributed by atoms with Gasteiger partial charge in [0.05, 0.1) is 17.2 Å². The molecule has 3 aromatic rings. The number of hydrazone groups is 1. The minimum atomic E-state index is -3.64. The summed E-state index contributed by atoms with van der Waals surface area (Å²) in [6, 6.07) is 15.5. The highest BCUT2D eigenvalue weighted by Gasteiger charge is 2.20. The van der Waals surface area contributed by atoms with E-state index in [1.165, 1.54) is 23.5 Å². The van der Waals surface area contributed by atoms with Crippen LogP contribution in [-0.4, -0.2) is 36.8 Å². The maximum absolute atomic E-state index is 12.7. The highest BCUT2D eigenvalue weighted by atomic mass is 32.2. The summed E-state index contributed by atoms with van der Waals surface area (Å²) in [6.07, 6.45) is 1.14. The Bertz CT molecular complexity index is 1250. The Morgan fingerprint density at radius 3 is 2.38 bits per heavy atom. The van der Waals surface area contributed by atoms with E-state index in [4.69, 9.17) is 4.42 Å². The van der Waals surface area contributed by atoms with Crippen molar-refractivity contribution in [2.75, 3.05) is 7.05 Å². The zero-order valence-corrected chi connectivity index (χ0v) is 18.1. The largest absolute Gasteiger partial charge is 0.433 e. The Labute approximate surface area is 184 Å². The average Bonchev–Trinajstić information content (AvgIpc) is 3.24. The van der Waals surface area contributed by atoms with Gasteiger partial charge < -0.3 is 4.42 Å². The molecule has 0 fully saturated rings. The van der Waals surface area contributed by atoms with Gasteiger partial charge in [0.15, 0.2) is 5.76 Å². The van der Waals surface area contributed by atoms with Gasteiger partial charge in [0.2, 0.25) is 10.0 Å². The third-order valence-corrected chi connectivity index (χ3v) is 6.32. The quantitative estimate of drug-likeness (QED) is 0.314. The molecule has 0 bridgehead atoms. The second-order valence-corrected chi connectivity index (χ2v) is 8.95. The van der Waals surface area contributed by atoms with Gasteiger partial charge in [-0.25, -0.2) is 13.8 Å². The molecule has 0 spiro atoms. The molecular weight excluding hydrogens is 436 g/mol. The van der Waals surface area contributed by atoms with Crippen LogP contribution in [0.25, 0.3) is 0 Å². The van der Waals surface area contributed by atoms with Crippen LogP contribution in [0.2, 0.25) is 0 Å². The number of carbonyl (C=O) groups is 1. The van der Waals surface area contributed by atoms with E-state index in [-0.39, 0.29) is 17.2 Å². The van der Waals surface area contributed by atoms with Crippen LogP contribution in [0.15, 0.2) is 75.1 Å². The monoisotopic (exact) mass is 456 g/mol. The summed E-state index contributed by atoms with van der Waals surface area (Å²) in [5.41, 5.74) is 4.26. The SMILES string of the molecule is Cc1ccc(S(=O)(=O)N(C)Cc2ccc(C(=O)N/N=C/c3ccc([N+](=O)[O-])o3)cc2)cc1. The first kappa shape index (κ1) is 22.8. The van der Waals surface area contributed by atoms with Crippen LogP contribution in [0, 0.1) is 17.0 Å². The summed E-state index contributed by atoms with van der Waals surface area (Å²) in [5.74, 6) is -0.817. The van der Waals surface area contributed by atoms with Crippen molar-refractivity contribution in [3.63, 3.8) is 0 Å². The lowest BCUT2D eigenvalue weighted by molar-refractivity contribution is -0.402. The van der Waals surface area contributed by atoms with Gasteiger partial charge in [0, 0.05) is 19.2 Å². The zero-order valence-electron chi connectivity index (χ0n) is 17.3. The standard InChI is InChI=1S/C21H20N4O6S/c1-15-3-10-19(11-4-15)32(29,30)24(2)14-16-5-7-17(8-6-16)21(26)23-22-13-18-9-12-20(31-18)25(27)28/h3-13H,14H2,1-2H3,(H,23,26)/b22-13+. The summed E-state index contributed by atoms with van der Waals surface area (Å²) >= 11 is 0. The molecule has 1 heterocycles. The van der Waals surface area contributed by atoms with Crippen LogP contribution in [0.3, 0.4) is 0 Å². The van der Waals surface area contributed by atoms with Crippen LogP contribution in [0.1, 0.15) is 27.2 Å². The van der Waals surface area contributed by atoms with Crippen LogP contribution in [0.4, 0.5) is 5.88 Å². The number of sulfonamides is 1. The lowest BCUT2D eigenvalue weighted by atomic mass is 10.1. The number of aryl methyl sites for hydroxylation is 1. The summed E-state index contributed by atoms with van der Waals surface area (Å²) < 4.78 is 31.5. The summed E-state index contributed by atoms with van der Waals surface area (Å²) in [6.45, 7) is 2.01. The fraction of sp³-hybridized carbons (Fsp3) is 0.143. The molecule has 0 aliphatic heterocycles. The van der Waals surface area contributed by atoms with Crippen LogP contribution in [-0.2, 0) is 16.6 Å². The van der Waals surface area contributed by atoms with E-state index < -0.39 is 26.7 Å². The van der Waals surface area contributed by atoms with Crippen molar-refractivity contribution in [1.29, 1.82) is 0 Å². The Balaban J connectivity index is 1.60. The molecule has 0 radical (unpaired) electrons. The van der Waals surface area contributed by atoms with Gasteiger partial charge in [-0.2, -0.15) is 9.41 Å². The molecule has 0 atom stereocenters. The second-order valence-electron chi connectivity index (χ2n) is 6.90. The fourth-order valence-corrected chi connectivity index (χ4v) is 3.88. The maximum atomic E-state index is 12.7. The lowest BCUT2D eigenvalue weighted by Crippen LogP contribution is -2.26. The predicted octanol–water partition coefficient (Wildman–Crippen LogP) is 3.08. The van der Waals surface area contributed by atoms with Crippen molar-refractivity contribution >= 4 is 28.0 Å². The summed E-state index contributed by atoms with van der Waals surface area (Å²) in [5, 5.41) is 14.3. The van der Waals surface area contributed by atoms with Crippen molar-refractivity contribution in [2.24, 2.45) is 5.10 Å². The van der Waals surface area contributed by atoms with E-state index >= 15 is 0 Å². The third kappa shape index (κ3) is 5.45. The van der Waals surface area contributed by atoms with E-state index in [1.807, 2.05) is 6.92 Å². The molecule has 0 unspecified atom stereocenters. The zero-order chi connectivity index (χ0) is 23.3. The fourth-order valence-electron chi connectivity index (χ4n) is 2.72. The van der Waals surface area contributed by atoms with E-state index in [2.05, 4.69) is 10.5 Å². The Kier molecular flexibility index (Phi) is 6.81. The first-order valence-electron chi connectivity index (χ1n) is 9.36. The van der Waals surface area contributed by atoms with Crippen LogP contribution < -0.4 is 5.43 Å². The molecule has 0 saturated heterocycles. The van der Waals surface area contributed by atoms with Gasteiger partial charge in [0.25, 0.3) is 5.91 Å². The third-order valence-electron chi connectivity index (χ3n) is 4.50. The predicted molar refractivity (Wildman–Crippen MR) is 117 cm³/mol. The molecule has 1 N–H and O–H groups in total. The molecule has 0 aliphatic carbocycles. The highest BCUT2D eigenvalue weighted by molar-refractivity contribution is 7.89. The minimum Gasteiger partial charge on any atom is -0.400 e. The topological polar surface area (TPSA) is 135 Å². The van der Waals surface area contributed by atoms with E-state index in [0.29, 0.717) is 11.1 Å². The Morgan fingerprint density at radius 1 is 1.12 bits per heavy atom. The lowest BCUT2D eigenvalue weighted by Gasteiger charge is -2.17. The molecular formula is C21H20N4O6S. The van der Waals surface area contributed by atoms with Crippen LogP contribution >= 0.6 is 0 Å². The molecule has 0 aliphatic rings. The van der Waals surface area contributed by atoms with Gasteiger partial charge in [-0.3, -0.25) is 14.9 Å². The maximum Gasteiger partial charge on any atom is 0.433 e. The van der Waals surface area contributed by atoms with E-state index in [1.54, 1.807) is 48.5 Å². The summed E-state index contributed by atoms with van der Waals surface area (Å²) in [4.78, 5) is 22.3. The van der Waals surface area contributed by atoms with Crippen molar-refractivity contribution in [3.8, 4) is 0 Å². The van der Waals surface area contributed by atoms with Crippen molar-refractivity contribution in [1.82, 2.24) is 9.73 Å². The number of amides is 1. The van der Waals surface area contributed by atoms with E-state index in [9.17, 15) is 23.3 Å². The Hall–Kier alpha value is -3.83. The molecule has 166 valence electrons. The number of nitro groups is 1. The molecule has 11 heteroatoms. The van der Waals surface area contributed by atoms with Crippen molar-refractivity contribution in [3.05, 3.63) is 93.2 Å². The summed E-state index contributed by atoms with van der Waals surface area (Å²) in [7, 11) is -2.15. The number of carbonyl (C=O) groups excluding carboxylic acids is 1. The number of nitrogens with one attached hydrogen (secondary N) is 1. The smallest absolute Gasteiger partial charge is 0.400 e. The van der Waals surface area contributed by atoms with Gasteiger partial charge in [-0.05, 0) is 42.8 Å². The molecule has 3 rings (SSSR count). The number of nitrogens with zero attached hydrogens (tertiary/aromatic N) is 3. The van der Waals surface area contributed by atoms with Gasteiger partial charge in [0.1, 0.15) is 4.92 Å². The molecule has 10 nitrogen and oxygen atoms in total. The van der Waals surface area contributed by atoms with Gasteiger partial charge >= 0.3 is 5.88 Å². The first-order chi connectivity index (χ1) is 15.2. The number of rotatable bonds is 8. The molecule has 0 saturated carbocycles. The molecule has 1 amide bonds. The average molecular weight is 456 g/mol. The molecule has 2 aromatic carbocycles. The van der Waals surface area contributed by atoms with Gasteiger partial charge in [-0.1, -0.05) is 29.8 Å². The van der Waals surface area contributed by atoms with Crippen molar-refractivity contribution < 1.29 is 22.6 Å². The van der Waals surface area contributed by atoms with Crippen LogP contribution in [0.5, 0.6) is 0 Å².